The molecule has 4 aromatic rings. The van der Waals surface area contributed by atoms with Crippen LogP contribution in [0.2, 0.25) is 0 Å². The zero-order valence-corrected chi connectivity index (χ0v) is 27.5. The number of Topliss-reactive ketones (excluding diaryl/α,β-unsaturated/α-hetero) is 1. The second kappa shape index (κ2) is 14.0. The number of ketones is 1. The maximum atomic E-state index is 13.8. The van der Waals surface area contributed by atoms with Crippen LogP contribution in [0, 0.1) is 0 Å². The number of thioether (sulfide) groups is 1. The zero-order valence-electron chi connectivity index (χ0n) is 25.9. The van der Waals surface area contributed by atoms with Gasteiger partial charge in [-0.15, -0.1) is 10.2 Å². The molecular weight excluding hydrogens is 623 g/mol. The Morgan fingerprint density at radius 1 is 1.04 bits per heavy atom. The van der Waals surface area contributed by atoms with Crippen LogP contribution in [-0.4, -0.2) is 46.3 Å². The van der Waals surface area contributed by atoms with Gasteiger partial charge in [-0.25, -0.2) is 0 Å². The number of unbranched alkanes of at least 4 members (excludes halogenated alkanes) is 1. The highest BCUT2D eigenvalue weighted by Gasteiger charge is 2.48. The average molecular weight is 658 g/mol. The summed E-state index contributed by atoms with van der Waals surface area (Å²) in [5.41, 5.74) is 3.02. The molecule has 3 aromatic carbocycles. The predicted molar refractivity (Wildman–Crippen MR) is 179 cm³/mol. The summed E-state index contributed by atoms with van der Waals surface area (Å²) in [4.78, 5) is 28.9. The largest absolute Gasteiger partial charge is 0.507 e. The van der Waals surface area contributed by atoms with E-state index in [1.165, 1.54) is 28.0 Å². The Balaban J connectivity index is 1.42. The molecule has 1 aromatic heterocycles. The molecule has 0 radical (unpaired) electrons. The molecule has 9 nitrogen and oxygen atoms in total. The Kier molecular flexibility index (Phi) is 9.60. The van der Waals surface area contributed by atoms with Crippen LogP contribution >= 0.6 is 23.1 Å². The summed E-state index contributed by atoms with van der Waals surface area (Å²) in [5.74, 6) is 0.619. The highest BCUT2D eigenvalue weighted by molar-refractivity contribution is 8.00. The number of aliphatic hydroxyl groups excluding tert-OH is 1. The summed E-state index contributed by atoms with van der Waals surface area (Å²) < 4.78 is 18.4. The van der Waals surface area contributed by atoms with Gasteiger partial charge < -0.3 is 19.3 Å². The average Bonchev–Trinajstić information content (AvgIpc) is 3.75. The lowest BCUT2D eigenvalue weighted by molar-refractivity contribution is -0.132. The maximum Gasteiger partial charge on any atom is 0.301 e. The SMILES string of the molecule is CCCCOc1ccc([C@@H]2C(=C(O)c3ccc4c(c3)C[C@H](C)O4)C(=O)C(=O)N2c2nnc(SCc3ccccc3)s2)cc1OCC. The van der Waals surface area contributed by atoms with Gasteiger partial charge in [-0.05, 0) is 67.3 Å². The maximum absolute atomic E-state index is 13.8. The lowest BCUT2D eigenvalue weighted by Crippen LogP contribution is -2.29. The fourth-order valence-electron chi connectivity index (χ4n) is 5.56. The number of fused-ring (bicyclic) bond motifs is 1. The Morgan fingerprint density at radius 2 is 1.87 bits per heavy atom. The van der Waals surface area contributed by atoms with Gasteiger partial charge in [0.2, 0.25) is 5.13 Å². The first-order valence-corrected chi connectivity index (χ1v) is 17.2. The van der Waals surface area contributed by atoms with Crippen molar-refractivity contribution in [3.8, 4) is 17.2 Å². The predicted octanol–water partition coefficient (Wildman–Crippen LogP) is 7.36. The standard InChI is InChI=1S/C35H35N3O6S2/c1-4-6-16-43-27-15-12-23(19-28(27)42-5-2)30-29(31(39)24-13-14-26-25(18-24)17-21(3)44-26)32(40)33(41)38(30)34-36-37-35(46-34)45-20-22-10-8-7-9-11-22/h7-15,18-19,21,30,39H,4-6,16-17,20H2,1-3H3/t21-,30+/m0/s1. The molecule has 3 heterocycles. The van der Waals surface area contributed by atoms with E-state index in [0.29, 0.717) is 52.4 Å². The van der Waals surface area contributed by atoms with Gasteiger partial charge in [-0.3, -0.25) is 14.5 Å². The molecule has 0 saturated carbocycles. The normalized spacial score (nSPS) is 18.5. The first-order valence-electron chi connectivity index (χ1n) is 15.4. The smallest absolute Gasteiger partial charge is 0.301 e. The van der Waals surface area contributed by atoms with Gasteiger partial charge >= 0.3 is 5.91 Å². The summed E-state index contributed by atoms with van der Waals surface area (Å²) in [6, 6.07) is 19.7. The van der Waals surface area contributed by atoms with Gasteiger partial charge in [0.1, 0.15) is 17.6 Å². The van der Waals surface area contributed by atoms with E-state index in [0.717, 1.165) is 29.7 Å². The molecule has 2 aliphatic heterocycles. The lowest BCUT2D eigenvalue weighted by atomic mass is 9.94. The number of ether oxygens (including phenoxy) is 3. The van der Waals surface area contributed by atoms with E-state index in [1.807, 2.05) is 50.2 Å². The van der Waals surface area contributed by atoms with Crippen LogP contribution in [0.1, 0.15) is 61.9 Å². The number of amides is 1. The van der Waals surface area contributed by atoms with Gasteiger partial charge in [-0.2, -0.15) is 0 Å². The van der Waals surface area contributed by atoms with Crippen molar-refractivity contribution in [1.82, 2.24) is 10.2 Å². The molecule has 11 heteroatoms. The summed E-state index contributed by atoms with van der Waals surface area (Å²) in [6.07, 6.45) is 2.57. The number of rotatable bonds is 12. The van der Waals surface area contributed by atoms with E-state index in [1.54, 1.807) is 30.3 Å². The third kappa shape index (κ3) is 6.47. The summed E-state index contributed by atoms with van der Waals surface area (Å²) in [6.45, 7) is 6.87. The Hall–Kier alpha value is -4.35. The number of aromatic nitrogens is 2. The third-order valence-electron chi connectivity index (χ3n) is 7.76. The fraction of sp³-hybridized carbons (Fsp3) is 0.314. The first-order chi connectivity index (χ1) is 22.4. The van der Waals surface area contributed by atoms with E-state index in [2.05, 4.69) is 17.1 Å². The van der Waals surface area contributed by atoms with Crippen LogP contribution in [0.25, 0.3) is 5.76 Å². The van der Waals surface area contributed by atoms with Gasteiger partial charge in [0.05, 0.1) is 24.8 Å². The molecule has 46 heavy (non-hydrogen) atoms. The highest BCUT2D eigenvalue weighted by Crippen LogP contribution is 2.46. The number of benzene rings is 3. The topological polar surface area (TPSA) is 111 Å². The molecule has 1 N–H and O–H groups in total. The Bertz CT molecular complexity index is 1770. The fourth-order valence-corrected chi connectivity index (χ4v) is 7.38. The number of anilines is 1. The van der Waals surface area contributed by atoms with Crippen LogP contribution in [-0.2, 0) is 21.8 Å². The monoisotopic (exact) mass is 657 g/mol. The van der Waals surface area contributed by atoms with E-state index < -0.39 is 17.7 Å². The van der Waals surface area contributed by atoms with Crippen LogP contribution in [0.15, 0.2) is 76.6 Å². The second-order valence-electron chi connectivity index (χ2n) is 11.1. The lowest BCUT2D eigenvalue weighted by Gasteiger charge is -2.23. The van der Waals surface area contributed by atoms with Crippen molar-refractivity contribution in [3.05, 3.63) is 94.6 Å². The zero-order chi connectivity index (χ0) is 32.2. The van der Waals surface area contributed by atoms with Crippen molar-refractivity contribution in [3.63, 3.8) is 0 Å². The summed E-state index contributed by atoms with van der Waals surface area (Å²) in [7, 11) is 0. The van der Waals surface area contributed by atoms with Crippen molar-refractivity contribution in [2.45, 2.75) is 62.3 Å². The quantitative estimate of drug-likeness (QED) is 0.0417. The van der Waals surface area contributed by atoms with Crippen molar-refractivity contribution in [2.24, 2.45) is 0 Å². The van der Waals surface area contributed by atoms with Crippen molar-refractivity contribution >= 4 is 45.7 Å². The molecule has 2 atom stereocenters. The Morgan fingerprint density at radius 3 is 2.65 bits per heavy atom. The Labute approximate surface area is 276 Å². The number of nitrogens with zero attached hydrogens (tertiary/aromatic N) is 3. The van der Waals surface area contributed by atoms with E-state index >= 15 is 0 Å². The number of aliphatic hydroxyl groups is 1. The molecule has 2 aliphatic rings. The van der Waals surface area contributed by atoms with Gasteiger partial charge in [0.25, 0.3) is 5.78 Å². The van der Waals surface area contributed by atoms with E-state index in [9.17, 15) is 14.7 Å². The van der Waals surface area contributed by atoms with Crippen LogP contribution < -0.4 is 19.1 Å². The van der Waals surface area contributed by atoms with E-state index in [4.69, 9.17) is 14.2 Å². The van der Waals surface area contributed by atoms with Crippen LogP contribution in [0.4, 0.5) is 5.13 Å². The van der Waals surface area contributed by atoms with Crippen molar-refractivity contribution < 1.29 is 28.9 Å². The third-order valence-corrected chi connectivity index (χ3v) is 9.89. The summed E-state index contributed by atoms with van der Waals surface area (Å²) >= 11 is 2.73. The minimum atomic E-state index is -0.979. The first kappa shape index (κ1) is 31.6. The molecule has 1 fully saturated rings. The molecule has 6 rings (SSSR count). The second-order valence-corrected chi connectivity index (χ2v) is 13.3. The number of carbonyl (C=O) groups excluding carboxylic acids is 2. The van der Waals surface area contributed by atoms with Crippen LogP contribution in [0.3, 0.4) is 0 Å². The molecule has 1 amide bonds. The van der Waals surface area contributed by atoms with Crippen molar-refractivity contribution in [1.29, 1.82) is 0 Å². The number of hydrogen-bond acceptors (Lipinski definition) is 10. The molecule has 0 unspecified atom stereocenters. The summed E-state index contributed by atoms with van der Waals surface area (Å²) in [5, 5.41) is 20.7. The van der Waals surface area contributed by atoms with Crippen molar-refractivity contribution in [2.75, 3.05) is 18.1 Å². The van der Waals surface area contributed by atoms with E-state index in [-0.39, 0.29) is 22.6 Å². The molecular formula is C35H35N3O6S2. The molecule has 0 spiro atoms. The van der Waals surface area contributed by atoms with Gasteiger partial charge in [-0.1, -0.05) is 72.8 Å². The molecule has 238 valence electrons. The minimum Gasteiger partial charge on any atom is -0.507 e. The highest BCUT2D eigenvalue weighted by atomic mass is 32.2. The van der Waals surface area contributed by atoms with Gasteiger partial charge in [0, 0.05) is 17.7 Å². The number of hydrogen-bond donors (Lipinski definition) is 1. The van der Waals surface area contributed by atoms with Gasteiger partial charge in [0.15, 0.2) is 15.8 Å². The molecule has 1 saturated heterocycles. The number of carbonyl (C=O) groups is 2. The molecule has 0 bridgehead atoms. The molecule has 0 aliphatic carbocycles. The minimum absolute atomic E-state index is 0.0133. The van der Waals surface area contributed by atoms with Crippen LogP contribution in [0.5, 0.6) is 17.2 Å².